The van der Waals surface area contributed by atoms with Crippen molar-refractivity contribution < 1.29 is 0 Å². The summed E-state index contributed by atoms with van der Waals surface area (Å²) in [4.78, 5) is 21.4. The molecular formula is C47H34N4. The van der Waals surface area contributed by atoms with Crippen molar-refractivity contribution in [3.8, 4) is 0 Å². The first-order valence-corrected chi connectivity index (χ1v) is 17.3. The van der Waals surface area contributed by atoms with Crippen LogP contribution in [0.4, 0.5) is 0 Å². The first-order chi connectivity index (χ1) is 25.0. The minimum atomic E-state index is 0.844. The van der Waals surface area contributed by atoms with Gasteiger partial charge in [-0.25, -0.2) is 20.0 Å². The quantitative estimate of drug-likeness (QED) is 0.210. The fraction of sp³-hybridized carbons (Fsp3) is 0.0638. The second-order valence-electron chi connectivity index (χ2n) is 13.2. The van der Waals surface area contributed by atoms with E-state index in [9.17, 15) is 0 Å². The van der Waals surface area contributed by atoms with E-state index >= 15 is 0 Å². The third-order valence-corrected chi connectivity index (χ3v) is 9.84. The lowest BCUT2D eigenvalue weighted by Gasteiger charge is -2.17. The van der Waals surface area contributed by atoms with Gasteiger partial charge in [0.05, 0.1) is 45.6 Å². The van der Waals surface area contributed by atoms with Crippen LogP contribution in [0.25, 0.3) is 22.3 Å². The summed E-state index contributed by atoms with van der Waals surface area (Å²) >= 11 is 0. The molecule has 4 heteroatoms. The van der Waals surface area contributed by atoms with Crippen LogP contribution in [0.1, 0.15) is 43.0 Å². The zero-order valence-electron chi connectivity index (χ0n) is 28.7. The Labute approximate surface area is 298 Å². The molecule has 0 aliphatic carbocycles. The van der Waals surface area contributed by atoms with Gasteiger partial charge < -0.3 is 0 Å². The molecule has 5 aliphatic rings. The predicted octanol–water partition coefficient (Wildman–Crippen LogP) is 10.9. The van der Waals surface area contributed by atoms with Gasteiger partial charge in [0, 0.05) is 27.9 Å². The van der Waals surface area contributed by atoms with Crippen LogP contribution in [-0.2, 0) is 0 Å². The molecule has 0 N–H and O–H groups in total. The topological polar surface area (TPSA) is 49.4 Å². The highest BCUT2D eigenvalue weighted by Crippen LogP contribution is 2.47. The SMILES string of the molecule is CC1=CC2=CC3=NC(=CC4=NC(=C(c5ccccc5)C5=NC(=C(C)C1=N2)C(C)=C5c1ccccc1)C(c1ccccc1)=C4c1ccccc1)C=C3. The summed E-state index contributed by atoms with van der Waals surface area (Å²) < 4.78 is 0. The maximum Gasteiger partial charge on any atom is 0.0822 e. The number of aliphatic imine (C=N–C) groups is 4. The first kappa shape index (κ1) is 30.5. The van der Waals surface area contributed by atoms with Gasteiger partial charge in [-0.05, 0) is 84.6 Å². The summed E-state index contributed by atoms with van der Waals surface area (Å²) in [6, 6.07) is 42.4. The first-order valence-electron chi connectivity index (χ1n) is 17.3. The van der Waals surface area contributed by atoms with Crippen LogP contribution in [0.3, 0.4) is 0 Å². The van der Waals surface area contributed by atoms with Crippen LogP contribution in [0.2, 0.25) is 0 Å². The van der Waals surface area contributed by atoms with E-state index in [1.165, 1.54) is 0 Å². The highest BCUT2D eigenvalue weighted by molar-refractivity contribution is 6.50. The number of allylic oxidation sites excluding steroid dienone is 12. The van der Waals surface area contributed by atoms with Gasteiger partial charge in [-0.2, -0.15) is 0 Å². The lowest BCUT2D eigenvalue weighted by molar-refractivity contribution is 1.27. The summed E-state index contributed by atoms with van der Waals surface area (Å²) in [5, 5.41) is 0. The van der Waals surface area contributed by atoms with Crippen molar-refractivity contribution in [1.82, 2.24) is 0 Å². The molecule has 0 unspecified atom stereocenters. The number of fused-ring (bicyclic) bond motifs is 4. The van der Waals surface area contributed by atoms with Crippen LogP contribution in [0.5, 0.6) is 0 Å². The minimum Gasteiger partial charge on any atom is -0.249 e. The highest BCUT2D eigenvalue weighted by atomic mass is 14.9. The number of hydrogen-bond acceptors (Lipinski definition) is 4. The average Bonchev–Trinajstić information content (AvgIpc) is 3.94. The third kappa shape index (κ3) is 5.33. The molecule has 242 valence electrons. The second kappa shape index (κ2) is 12.4. The van der Waals surface area contributed by atoms with Crippen molar-refractivity contribution in [2.24, 2.45) is 20.0 Å². The highest BCUT2D eigenvalue weighted by Gasteiger charge is 2.35. The van der Waals surface area contributed by atoms with Crippen LogP contribution in [0, 0.1) is 0 Å². The Hall–Kier alpha value is -6.52. The van der Waals surface area contributed by atoms with Crippen molar-refractivity contribution in [3.63, 3.8) is 0 Å². The maximum atomic E-state index is 5.62. The standard InChI is InChI=1S/C47H34N4/c1-29-26-38-27-36-24-25-37(48-36)28-39-41(33-18-10-5-11-19-33)42(34-20-12-6-13-21-34)47(50-39)43(35-22-14-7-15-23-35)46-40(32-16-8-4-9-17-32)30(2)45(51-46)31(3)44(29)49-38/h4-28H,1-3H3. The molecule has 0 amide bonds. The van der Waals surface area contributed by atoms with Crippen LogP contribution >= 0.6 is 0 Å². The van der Waals surface area contributed by atoms with Crippen LogP contribution in [0.15, 0.2) is 211 Å². The molecule has 8 bridgehead atoms. The summed E-state index contributed by atoms with van der Waals surface area (Å²) in [6.07, 6.45) is 10.4. The fourth-order valence-corrected chi connectivity index (χ4v) is 7.54. The molecule has 5 aliphatic heterocycles. The Morgan fingerprint density at radius 2 is 0.922 bits per heavy atom. The van der Waals surface area contributed by atoms with E-state index in [4.69, 9.17) is 20.0 Å². The molecule has 4 aromatic rings. The van der Waals surface area contributed by atoms with Gasteiger partial charge in [0.15, 0.2) is 0 Å². The van der Waals surface area contributed by atoms with Gasteiger partial charge in [-0.3, -0.25) is 0 Å². The van der Waals surface area contributed by atoms with Gasteiger partial charge in [0.2, 0.25) is 0 Å². The summed E-state index contributed by atoms with van der Waals surface area (Å²) in [5.74, 6) is 0. The summed E-state index contributed by atoms with van der Waals surface area (Å²) in [7, 11) is 0. The Bertz CT molecular complexity index is 2520. The normalized spacial score (nSPS) is 18.1. The molecule has 9 rings (SSSR count). The zero-order chi connectivity index (χ0) is 34.5. The molecule has 0 aromatic heterocycles. The largest absolute Gasteiger partial charge is 0.249 e. The van der Waals surface area contributed by atoms with E-state index in [0.29, 0.717) is 0 Å². The minimum absolute atomic E-state index is 0.844. The zero-order valence-corrected chi connectivity index (χ0v) is 28.7. The molecule has 4 aromatic carbocycles. The Balaban J connectivity index is 1.47. The molecule has 5 heterocycles. The Morgan fingerprint density at radius 3 is 1.53 bits per heavy atom. The molecule has 0 saturated heterocycles. The average molecular weight is 655 g/mol. The molecule has 0 fully saturated rings. The van der Waals surface area contributed by atoms with Crippen molar-refractivity contribution in [1.29, 1.82) is 0 Å². The molecule has 0 spiro atoms. The van der Waals surface area contributed by atoms with E-state index in [2.05, 4.69) is 172 Å². The van der Waals surface area contributed by atoms with E-state index in [-0.39, 0.29) is 0 Å². The van der Waals surface area contributed by atoms with Gasteiger partial charge in [0.1, 0.15) is 0 Å². The van der Waals surface area contributed by atoms with Crippen molar-refractivity contribution in [3.05, 3.63) is 213 Å². The summed E-state index contributed by atoms with van der Waals surface area (Å²) in [5.41, 5.74) is 18.9. The van der Waals surface area contributed by atoms with E-state index < -0.39 is 0 Å². The van der Waals surface area contributed by atoms with Gasteiger partial charge in [-0.1, -0.05) is 121 Å². The smallest absolute Gasteiger partial charge is 0.0822 e. The fourth-order valence-electron chi connectivity index (χ4n) is 7.54. The third-order valence-electron chi connectivity index (χ3n) is 9.84. The molecule has 0 radical (unpaired) electrons. The van der Waals surface area contributed by atoms with E-state index in [0.717, 1.165) is 107 Å². The van der Waals surface area contributed by atoms with Crippen LogP contribution in [-0.4, -0.2) is 22.8 Å². The molecule has 0 atom stereocenters. The number of benzene rings is 4. The van der Waals surface area contributed by atoms with Crippen molar-refractivity contribution in [2.75, 3.05) is 0 Å². The van der Waals surface area contributed by atoms with Gasteiger partial charge in [-0.15, -0.1) is 0 Å². The number of rotatable bonds is 4. The molecule has 0 saturated carbocycles. The van der Waals surface area contributed by atoms with Crippen LogP contribution < -0.4 is 0 Å². The Kier molecular flexibility index (Phi) is 7.44. The van der Waals surface area contributed by atoms with Gasteiger partial charge >= 0.3 is 0 Å². The lowest BCUT2D eigenvalue weighted by Crippen LogP contribution is -2.07. The number of hydrogen-bond donors (Lipinski definition) is 0. The van der Waals surface area contributed by atoms with Crippen molar-refractivity contribution >= 4 is 45.1 Å². The molecular weight excluding hydrogens is 621 g/mol. The molecule has 51 heavy (non-hydrogen) atoms. The lowest BCUT2D eigenvalue weighted by atomic mass is 9.85. The predicted molar refractivity (Wildman–Crippen MR) is 214 cm³/mol. The van der Waals surface area contributed by atoms with E-state index in [1.54, 1.807) is 0 Å². The van der Waals surface area contributed by atoms with Crippen molar-refractivity contribution in [2.45, 2.75) is 20.8 Å². The number of nitrogens with zero attached hydrogens (tertiary/aromatic N) is 4. The molecule has 4 nitrogen and oxygen atoms in total. The summed E-state index contributed by atoms with van der Waals surface area (Å²) in [6.45, 7) is 6.47. The second-order valence-corrected chi connectivity index (χ2v) is 13.2. The monoisotopic (exact) mass is 654 g/mol. The van der Waals surface area contributed by atoms with E-state index in [1.807, 2.05) is 0 Å². The maximum absolute atomic E-state index is 5.62. The van der Waals surface area contributed by atoms with Gasteiger partial charge in [0.25, 0.3) is 0 Å². The Morgan fingerprint density at radius 1 is 0.373 bits per heavy atom.